The summed E-state index contributed by atoms with van der Waals surface area (Å²) < 4.78 is 14.5. The predicted octanol–water partition coefficient (Wildman–Crippen LogP) is 2.53. The third-order valence-corrected chi connectivity index (χ3v) is 4.04. The number of pyridine rings is 1. The molecule has 128 valence electrons. The number of aromatic nitrogens is 3. The Morgan fingerprint density at radius 1 is 1.36 bits per heavy atom. The first-order chi connectivity index (χ1) is 12.0. The topological polar surface area (TPSA) is 76.9 Å². The summed E-state index contributed by atoms with van der Waals surface area (Å²) in [5, 5.41) is 2.79. The van der Waals surface area contributed by atoms with E-state index < -0.39 is 17.3 Å². The Labute approximate surface area is 147 Å². The monoisotopic (exact) mass is 360 g/mol. The van der Waals surface area contributed by atoms with Crippen molar-refractivity contribution in [3.05, 3.63) is 69.0 Å². The number of benzene rings is 1. The highest BCUT2D eigenvalue weighted by Gasteiger charge is 2.17. The maximum Gasteiger partial charge on any atom is 0.283 e. The van der Waals surface area contributed by atoms with Gasteiger partial charge in [0.15, 0.2) is 11.3 Å². The van der Waals surface area contributed by atoms with Crippen LogP contribution in [0, 0.1) is 5.82 Å². The zero-order valence-corrected chi connectivity index (χ0v) is 14.0. The van der Waals surface area contributed by atoms with Gasteiger partial charge >= 0.3 is 0 Å². The normalized spacial score (nSPS) is 10.8. The summed E-state index contributed by atoms with van der Waals surface area (Å²) in [4.78, 5) is 33.2. The van der Waals surface area contributed by atoms with Crippen LogP contribution in [-0.2, 0) is 13.1 Å². The summed E-state index contributed by atoms with van der Waals surface area (Å²) in [5.41, 5.74) is 0.675. The number of fused-ring (bicyclic) bond motifs is 1. The number of aryl methyl sites for hydroxylation is 1. The van der Waals surface area contributed by atoms with Crippen LogP contribution in [0.1, 0.15) is 23.0 Å². The zero-order chi connectivity index (χ0) is 18.0. The number of hydrogen-bond acceptors (Lipinski definition) is 4. The van der Waals surface area contributed by atoms with Gasteiger partial charge in [0.2, 0.25) is 0 Å². The van der Waals surface area contributed by atoms with Crippen LogP contribution in [0.3, 0.4) is 0 Å². The lowest BCUT2D eigenvalue weighted by molar-refractivity contribution is 0.0944. The molecule has 8 heteroatoms. The molecule has 2 heterocycles. The molecule has 1 amide bonds. The van der Waals surface area contributed by atoms with Gasteiger partial charge in [0.05, 0.1) is 0 Å². The molecule has 0 aliphatic heterocycles. The first-order valence-corrected chi connectivity index (χ1v) is 7.96. The zero-order valence-electron chi connectivity index (χ0n) is 13.3. The van der Waals surface area contributed by atoms with Crippen molar-refractivity contribution in [1.29, 1.82) is 0 Å². The van der Waals surface area contributed by atoms with Gasteiger partial charge in [-0.1, -0.05) is 17.7 Å². The molecule has 0 aliphatic carbocycles. The van der Waals surface area contributed by atoms with Crippen molar-refractivity contribution >= 4 is 28.7 Å². The first kappa shape index (κ1) is 17.0. The molecular weight excluding hydrogens is 347 g/mol. The van der Waals surface area contributed by atoms with Gasteiger partial charge < -0.3 is 5.32 Å². The number of amides is 1. The van der Waals surface area contributed by atoms with Crippen LogP contribution in [0.15, 0.2) is 41.3 Å². The molecule has 1 N–H and O–H groups in total. The van der Waals surface area contributed by atoms with E-state index in [4.69, 9.17) is 11.6 Å². The fourth-order valence-corrected chi connectivity index (χ4v) is 2.68. The molecule has 0 saturated heterocycles. The van der Waals surface area contributed by atoms with Crippen molar-refractivity contribution in [3.63, 3.8) is 0 Å². The van der Waals surface area contributed by atoms with E-state index in [9.17, 15) is 14.0 Å². The second-order valence-corrected chi connectivity index (χ2v) is 5.68. The Morgan fingerprint density at radius 2 is 2.16 bits per heavy atom. The lowest BCUT2D eigenvalue weighted by atomic mass is 10.2. The third-order valence-electron chi connectivity index (χ3n) is 3.69. The van der Waals surface area contributed by atoms with Gasteiger partial charge in [-0.15, -0.1) is 0 Å². The fraction of sp³-hybridized carbons (Fsp3) is 0.176. The molecule has 0 atom stereocenters. The number of nitrogens with one attached hydrogen (secondary N) is 1. The van der Waals surface area contributed by atoms with Crippen LogP contribution in [0.5, 0.6) is 0 Å². The summed E-state index contributed by atoms with van der Waals surface area (Å²) in [6, 6.07) is 7.24. The smallest absolute Gasteiger partial charge is 0.283 e. The van der Waals surface area contributed by atoms with E-state index in [0.29, 0.717) is 23.3 Å². The number of hydrogen-bond donors (Lipinski definition) is 1. The SMILES string of the molecule is CCn1c(=O)c(C(=O)NCc2ccc(F)cc2Cl)nc2cccnc21. The Morgan fingerprint density at radius 3 is 2.88 bits per heavy atom. The Balaban J connectivity index is 1.92. The van der Waals surface area contributed by atoms with Crippen molar-refractivity contribution in [2.75, 3.05) is 0 Å². The Bertz CT molecular complexity index is 1020. The molecule has 0 radical (unpaired) electrons. The third kappa shape index (κ3) is 3.36. The summed E-state index contributed by atoms with van der Waals surface area (Å²) in [7, 11) is 0. The predicted molar refractivity (Wildman–Crippen MR) is 92.1 cm³/mol. The largest absolute Gasteiger partial charge is 0.346 e. The molecule has 3 aromatic rings. The molecule has 25 heavy (non-hydrogen) atoms. The number of carbonyl (C=O) groups excluding carboxylic acids is 1. The first-order valence-electron chi connectivity index (χ1n) is 7.59. The molecule has 2 aromatic heterocycles. The number of halogens is 2. The highest BCUT2D eigenvalue weighted by Crippen LogP contribution is 2.17. The van der Waals surface area contributed by atoms with Gasteiger partial charge in [0.1, 0.15) is 11.3 Å². The second-order valence-electron chi connectivity index (χ2n) is 5.27. The Kier molecular flexibility index (Phi) is 4.76. The maximum atomic E-state index is 13.1. The van der Waals surface area contributed by atoms with Gasteiger partial charge in [-0.2, -0.15) is 0 Å². The standard InChI is InChI=1S/C17H14ClFN4O2/c1-2-23-15-13(4-3-7-20-15)22-14(17(23)25)16(24)21-9-10-5-6-11(19)8-12(10)18/h3-8H,2,9H2,1H3,(H,21,24). The summed E-state index contributed by atoms with van der Waals surface area (Å²) in [5.74, 6) is -1.09. The van der Waals surface area contributed by atoms with Crippen LogP contribution >= 0.6 is 11.6 Å². The van der Waals surface area contributed by atoms with E-state index >= 15 is 0 Å². The Hall–Kier alpha value is -2.80. The van der Waals surface area contributed by atoms with E-state index in [2.05, 4.69) is 15.3 Å². The number of carbonyl (C=O) groups is 1. The average molecular weight is 361 g/mol. The van der Waals surface area contributed by atoms with Gasteiger partial charge in [-0.3, -0.25) is 14.2 Å². The molecule has 6 nitrogen and oxygen atoms in total. The van der Waals surface area contributed by atoms with Gasteiger partial charge in [-0.05, 0) is 36.8 Å². The van der Waals surface area contributed by atoms with Crippen LogP contribution < -0.4 is 10.9 Å². The van der Waals surface area contributed by atoms with Crippen LogP contribution in [-0.4, -0.2) is 20.4 Å². The lowest BCUT2D eigenvalue weighted by Crippen LogP contribution is -2.34. The van der Waals surface area contributed by atoms with Crippen molar-refractivity contribution in [2.24, 2.45) is 0 Å². The highest BCUT2D eigenvalue weighted by atomic mass is 35.5. The molecular formula is C17H14ClFN4O2. The van der Waals surface area contributed by atoms with Gasteiger partial charge in [0, 0.05) is 24.3 Å². The minimum absolute atomic E-state index is 0.0519. The minimum atomic E-state index is -0.627. The van der Waals surface area contributed by atoms with E-state index in [1.54, 1.807) is 25.3 Å². The summed E-state index contributed by atoms with van der Waals surface area (Å²) >= 11 is 5.94. The average Bonchev–Trinajstić information content (AvgIpc) is 2.60. The number of rotatable bonds is 4. The van der Waals surface area contributed by atoms with Gasteiger partial charge in [-0.25, -0.2) is 14.4 Å². The maximum absolute atomic E-state index is 13.1. The molecule has 0 spiro atoms. The second kappa shape index (κ2) is 6.98. The lowest BCUT2D eigenvalue weighted by Gasteiger charge is -2.10. The molecule has 1 aromatic carbocycles. The van der Waals surface area contributed by atoms with Crippen LogP contribution in [0.2, 0.25) is 5.02 Å². The number of nitrogens with zero attached hydrogens (tertiary/aromatic N) is 3. The highest BCUT2D eigenvalue weighted by molar-refractivity contribution is 6.31. The molecule has 0 saturated carbocycles. The van der Waals surface area contributed by atoms with Crippen LogP contribution in [0.25, 0.3) is 11.2 Å². The van der Waals surface area contributed by atoms with Crippen molar-refractivity contribution < 1.29 is 9.18 Å². The van der Waals surface area contributed by atoms with E-state index in [1.807, 2.05) is 0 Å². The molecule has 0 fully saturated rings. The minimum Gasteiger partial charge on any atom is -0.346 e. The summed E-state index contributed by atoms with van der Waals surface area (Å²) in [6.07, 6.45) is 1.56. The molecule has 0 bridgehead atoms. The van der Waals surface area contributed by atoms with E-state index in [0.717, 1.165) is 6.07 Å². The molecule has 3 rings (SSSR count). The summed E-state index contributed by atoms with van der Waals surface area (Å²) in [6.45, 7) is 2.20. The van der Waals surface area contributed by atoms with Crippen LogP contribution in [0.4, 0.5) is 4.39 Å². The van der Waals surface area contributed by atoms with Gasteiger partial charge in [0.25, 0.3) is 11.5 Å². The molecule has 0 unspecified atom stereocenters. The fourth-order valence-electron chi connectivity index (χ4n) is 2.44. The van der Waals surface area contributed by atoms with Crippen molar-refractivity contribution in [1.82, 2.24) is 19.9 Å². The van der Waals surface area contributed by atoms with E-state index in [1.165, 1.54) is 16.7 Å². The van der Waals surface area contributed by atoms with E-state index in [-0.39, 0.29) is 17.3 Å². The molecule has 0 aliphatic rings. The van der Waals surface area contributed by atoms with Crippen molar-refractivity contribution in [3.8, 4) is 0 Å². The quantitative estimate of drug-likeness (QED) is 0.775. The van der Waals surface area contributed by atoms with Crippen molar-refractivity contribution in [2.45, 2.75) is 20.0 Å².